The standard InChI is InChI=1S/C16H23N3O2/c1-11-5-8-19(10-15(11)20)16(21)17-13-4-3-12-6-7-18(2)14(12)9-13/h3-4,9,11,15,20H,5-8,10H2,1-2H3,(H,17,21). The SMILES string of the molecule is CC1CCN(C(=O)Nc2ccc3c(c2)N(C)CC3)CC1O. The Bertz CT molecular complexity index is 546. The lowest BCUT2D eigenvalue weighted by atomic mass is 9.96. The van der Waals surface area contributed by atoms with Gasteiger partial charge in [0.05, 0.1) is 6.10 Å². The van der Waals surface area contributed by atoms with E-state index < -0.39 is 6.10 Å². The summed E-state index contributed by atoms with van der Waals surface area (Å²) in [6, 6.07) is 5.95. The highest BCUT2D eigenvalue weighted by atomic mass is 16.3. The first-order valence-electron chi connectivity index (χ1n) is 7.62. The van der Waals surface area contributed by atoms with Crippen molar-refractivity contribution in [3.63, 3.8) is 0 Å². The van der Waals surface area contributed by atoms with Gasteiger partial charge in [0, 0.05) is 38.1 Å². The van der Waals surface area contributed by atoms with Gasteiger partial charge in [-0.3, -0.25) is 0 Å². The Kier molecular flexibility index (Phi) is 3.76. The molecule has 0 spiro atoms. The molecule has 2 heterocycles. The van der Waals surface area contributed by atoms with Crippen molar-refractivity contribution in [1.29, 1.82) is 0 Å². The molecule has 0 bridgehead atoms. The van der Waals surface area contributed by atoms with E-state index in [1.807, 2.05) is 19.1 Å². The fraction of sp³-hybridized carbons (Fsp3) is 0.562. The molecule has 2 aliphatic rings. The van der Waals surface area contributed by atoms with Gasteiger partial charge in [-0.2, -0.15) is 0 Å². The molecular weight excluding hydrogens is 266 g/mol. The van der Waals surface area contributed by atoms with Crippen LogP contribution < -0.4 is 10.2 Å². The van der Waals surface area contributed by atoms with Crippen molar-refractivity contribution >= 4 is 17.4 Å². The van der Waals surface area contributed by atoms with Crippen molar-refractivity contribution in [3.05, 3.63) is 23.8 Å². The molecule has 1 fully saturated rings. The number of benzene rings is 1. The first-order chi connectivity index (χ1) is 10.0. The number of aliphatic hydroxyl groups is 1. The van der Waals surface area contributed by atoms with Gasteiger partial charge in [-0.15, -0.1) is 0 Å². The van der Waals surface area contributed by atoms with Gasteiger partial charge in [0.1, 0.15) is 0 Å². The zero-order chi connectivity index (χ0) is 15.0. The molecule has 2 amide bonds. The minimum Gasteiger partial charge on any atom is -0.391 e. The van der Waals surface area contributed by atoms with E-state index in [1.54, 1.807) is 4.90 Å². The molecule has 0 radical (unpaired) electrons. The number of amides is 2. The number of nitrogens with zero attached hydrogens (tertiary/aromatic N) is 2. The molecule has 21 heavy (non-hydrogen) atoms. The minimum absolute atomic E-state index is 0.124. The maximum atomic E-state index is 12.3. The van der Waals surface area contributed by atoms with Crippen LogP contribution in [0.4, 0.5) is 16.2 Å². The first-order valence-corrected chi connectivity index (χ1v) is 7.62. The molecule has 2 atom stereocenters. The predicted octanol–water partition coefficient (Wildman–Crippen LogP) is 1.91. The Morgan fingerprint density at radius 3 is 2.95 bits per heavy atom. The Morgan fingerprint density at radius 2 is 2.19 bits per heavy atom. The van der Waals surface area contributed by atoms with Gasteiger partial charge in [-0.1, -0.05) is 13.0 Å². The van der Waals surface area contributed by atoms with Crippen molar-refractivity contribution < 1.29 is 9.90 Å². The number of carbonyl (C=O) groups excluding carboxylic acids is 1. The lowest BCUT2D eigenvalue weighted by Gasteiger charge is -2.34. The molecule has 5 heteroatoms. The van der Waals surface area contributed by atoms with Crippen LogP contribution in [0.2, 0.25) is 0 Å². The van der Waals surface area contributed by atoms with E-state index in [2.05, 4.69) is 23.3 Å². The first kappa shape index (κ1) is 14.2. The molecule has 114 valence electrons. The summed E-state index contributed by atoms with van der Waals surface area (Å²) in [6.07, 6.45) is 1.49. The number of likely N-dealkylation sites (tertiary alicyclic amines) is 1. The van der Waals surface area contributed by atoms with Crippen LogP contribution in [0.3, 0.4) is 0 Å². The number of hydrogen-bond acceptors (Lipinski definition) is 3. The van der Waals surface area contributed by atoms with E-state index in [0.29, 0.717) is 13.1 Å². The molecule has 0 aromatic heterocycles. The van der Waals surface area contributed by atoms with Crippen LogP contribution >= 0.6 is 0 Å². The van der Waals surface area contributed by atoms with Crippen LogP contribution in [0.5, 0.6) is 0 Å². The summed E-state index contributed by atoms with van der Waals surface area (Å²) in [5, 5.41) is 12.8. The largest absolute Gasteiger partial charge is 0.391 e. The second-order valence-electron chi connectivity index (χ2n) is 6.22. The zero-order valence-electron chi connectivity index (χ0n) is 12.7. The third kappa shape index (κ3) is 2.83. The van der Waals surface area contributed by atoms with Crippen LogP contribution in [0.15, 0.2) is 18.2 Å². The number of β-amino-alcohol motifs (C(OH)–C–C–N with tert-alkyl or cyclic N) is 1. The van der Waals surface area contributed by atoms with Gasteiger partial charge in [0.25, 0.3) is 0 Å². The summed E-state index contributed by atoms with van der Waals surface area (Å²) < 4.78 is 0. The van der Waals surface area contributed by atoms with Gasteiger partial charge in [0.2, 0.25) is 0 Å². The van der Waals surface area contributed by atoms with E-state index in [0.717, 1.165) is 25.1 Å². The highest BCUT2D eigenvalue weighted by Crippen LogP contribution is 2.29. The molecule has 2 unspecified atom stereocenters. The average Bonchev–Trinajstić information content (AvgIpc) is 2.83. The van der Waals surface area contributed by atoms with Crippen molar-refractivity contribution in [3.8, 4) is 0 Å². The Balaban J connectivity index is 1.67. The zero-order valence-corrected chi connectivity index (χ0v) is 12.7. The summed E-state index contributed by atoms with van der Waals surface area (Å²) in [6.45, 7) is 4.17. The van der Waals surface area contributed by atoms with Gasteiger partial charge >= 0.3 is 6.03 Å². The van der Waals surface area contributed by atoms with Crippen LogP contribution in [0.1, 0.15) is 18.9 Å². The molecule has 5 nitrogen and oxygen atoms in total. The molecule has 3 rings (SSSR count). The number of carbonyl (C=O) groups is 1. The minimum atomic E-state index is -0.421. The van der Waals surface area contributed by atoms with E-state index in [1.165, 1.54) is 11.3 Å². The topological polar surface area (TPSA) is 55.8 Å². The summed E-state index contributed by atoms with van der Waals surface area (Å²) >= 11 is 0. The average molecular weight is 289 g/mol. The van der Waals surface area contributed by atoms with Crippen molar-refractivity contribution in [2.45, 2.75) is 25.9 Å². The number of nitrogens with one attached hydrogen (secondary N) is 1. The predicted molar refractivity (Wildman–Crippen MR) is 83.8 cm³/mol. The number of piperidine rings is 1. The number of hydrogen-bond donors (Lipinski definition) is 2. The van der Waals surface area contributed by atoms with E-state index in [9.17, 15) is 9.90 Å². The van der Waals surface area contributed by atoms with Crippen molar-refractivity contribution in [2.75, 3.05) is 36.9 Å². The highest BCUT2D eigenvalue weighted by Gasteiger charge is 2.27. The van der Waals surface area contributed by atoms with E-state index in [-0.39, 0.29) is 11.9 Å². The van der Waals surface area contributed by atoms with Crippen molar-refractivity contribution in [2.24, 2.45) is 5.92 Å². The lowest BCUT2D eigenvalue weighted by molar-refractivity contribution is 0.0464. The number of urea groups is 1. The maximum Gasteiger partial charge on any atom is 0.321 e. The number of aliphatic hydroxyl groups excluding tert-OH is 1. The molecule has 1 saturated heterocycles. The molecule has 1 aromatic rings. The lowest BCUT2D eigenvalue weighted by Crippen LogP contribution is -2.47. The van der Waals surface area contributed by atoms with Crippen LogP contribution in [-0.2, 0) is 6.42 Å². The third-order valence-electron chi connectivity index (χ3n) is 4.67. The quantitative estimate of drug-likeness (QED) is 0.830. The summed E-state index contributed by atoms with van der Waals surface area (Å²) in [7, 11) is 2.07. The molecule has 1 aromatic carbocycles. The number of fused-ring (bicyclic) bond motifs is 1. The summed E-state index contributed by atoms with van der Waals surface area (Å²) in [5.41, 5.74) is 3.35. The normalized spacial score (nSPS) is 24.9. The smallest absolute Gasteiger partial charge is 0.321 e. The third-order valence-corrected chi connectivity index (χ3v) is 4.67. The molecular formula is C16H23N3O2. The van der Waals surface area contributed by atoms with Gasteiger partial charge in [0.15, 0.2) is 0 Å². The number of anilines is 2. The second kappa shape index (κ2) is 5.56. The Hall–Kier alpha value is -1.75. The van der Waals surface area contributed by atoms with E-state index in [4.69, 9.17) is 0 Å². The van der Waals surface area contributed by atoms with Gasteiger partial charge in [-0.05, 0) is 36.5 Å². The van der Waals surface area contributed by atoms with Gasteiger partial charge in [-0.25, -0.2) is 4.79 Å². The van der Waals surface area contributed by atoms with Crippen LogP contribution in [-0.4, -0.2) is 48.8 Å². The number of rotatable bonds is 1. The molecule has 0 saturated carbocycles. The van der Waals surface area contributed by atoms with Crippen LogP contribution in [0.25, 0.3) is 0 Å². The Labute approximate surface area is 125 Å². The molecule has 2 aliphatic heterocycles. The Morgan fingerprint density at radius 1 is 1.38 bits per heavy atom. The number of likely N-dealkylation sites (N-methyl/N-ethyl adjacent to an activating group) is 1. The van der Waals surface area contributed by atoms with E-state index >= 15 is 0 Å². The van der Waals surface area contributed by atoms with Gasteiger partial charge < -0.3 is 20.2 Å². The van der Waals surface area contributed by atoms with Crippen LogP contribution in [0, 0.1) is 5.92 Å². The highest BCUT2D eigenvalue weighted by molar-refractivity contribution is 5.90. The fourth-order valence-corrected chi connectivity index (χ4v) is 3.05. The van der Waals surface area contributed by atoms with Crippen molar-refractivity contribution in [1.82, 2.24) is 4.90 Å². The molecule has 2 N–H and O–H groups in total. The summed E-state index contributed by atoms with van der Waals surface area (Å²) in [4.78, 5) is 16.2. The summed E-state index contributed by atoms with van der Waals surface area (Å²) in [5.74, 6) is 0.266. The second-order valence-corrected chi connectivity index (χ2v) is 6.22. The maximum absolute atomic E-state index is 12.3. The monoisotopic (exact) mass is 289 g/mol. The fourth-order valence-electron chi connectivity index (χ4n) is 3.05. The molecule has 0 aliphatic carbocycles.